The SMILES string of the molecule is COc1cc(OC)c(N)c(C(=O)N(CCO)CC(F)F)c1. The number of benzene rings is 1. The van der Waals surface area contributed by atoms with Gasteiger partial charge in [-0.1, -0.05) is 0 Å². The molecule has 0 bridgehead atoms. The molecule has 118 valence electrons. The van der Waals surface area contributed by atoms with E-state index in [-0.39, 0.29) is 23.5 Å². The van der Waals surface area contributed by atoms with Gasteiger partial charge in [0.1, 0.15) is 11.5 Å². The highest BCUT2D eigenvalue weighted by molar-refractivity contribution is 6.01. The van der Waals surface area contributed by atoms with E-state index >= 15 is 0 Å². The van der Waals surface area contributed by atoms with Crippen LogP contribution in [0.1, 0.15) is 10.4 Å². The van der Waals surface area contributed by atoms with Gasteiger partial charge in [0, 0.05) is 12.6 Å². The van der Waals surface area contributed by atoms with Crippen LogP contribution >= 0.6 is 0 Å². The summed E-state index contributed by atoms with van der Waals surface area (Å²) in [4.78, 5) is 13.1. The molecule has 1 aromatic rings. The fraction of sp³-hybridized carbons (Fsp3) is 0.462. The molecule has 0 radical (unpaired) electrons. The Morgan fingerprint density at radius 3 is 2.52 bits per heavy atom. The number of halogens is 2. The second-order valence-corrected chi connectivity index (χ2v) is 4.16. The average molecular weight is 304 g/mol. The molecule has 0 aliphatic heterocycles. The molecule has 21 heavy (non-hydrogen) atoms. The number of carbonyl (C=O) groups excluding carboxylic acids is 1. The van der Waals surface area contributed by atoms with Gasteiger partial charge < -0.3 is 25.2 Å². The number of alkyl halides is 2. The zero-order valence-corrected chi connectivity index (χ0v) is 11.8. The van der Waals surface area contributed by atoms with Crippen molar-refractivity contribution in [3.8, 4) is 11.5 Å². The minimum atomic E-state index is -2.71. The number of methoxy groups -OCH3 is 2. The first-order valence-electron chi connectivity index (χ1n) is 6.14. The van der Waals surface area contributed by atoms with Crippen LogP contribution in [0.2, 0.25) is 0 Å². The average Bonchev–Trinajstić information content (AvgIpc) is 2.46. The zero-order chi connectivity index (χ0) is 16.0. The maximum absolute atomic E-state index is 12.5. The third kappa shape index (κ3) is 4.19. The van der Waals surface area contributed by atoms with Gasteiger partial charge in [-0.2, -0.15) is 0 Å². The van der Waals surface area contributed by atoms with E-state index in [1.54, 1.807) is 0 Å². The van der Waals surface area contributed by atoms with Crippen LogP contribution in [0.15, 0.2) is 12.1 Å². The predicted octanol–water partition coefficient (Wildman–Crippen LogP) is 0.986. The molecule has 3 N–H and O–H groups in total. The molecule has 0 aliphatic carbocycles. The molecule has 0 fully saturated rings. The van der Waals surface area contributed by atoms with Gasteiger partial charge in [-0.25, -0.2) is 8.78 Å². The number of hydrogen-bond donors (Lipinski definition) is 2. The molecule has 0 aromatic heterocycles. The Kier molecular flexibility index (Phi) is 6.16. The lowest BCUT2D eigenvalue weighted by Gasteiger charge is -2.23. The maximum Gasteiger partial charge on any atom is 0.256 e. The van der Waals surface area contributed by atoms with E-state index in [2.05, 4.69) is 0 Å². The molecule has 1 aromatic carbocycles. The Bertz CT molecular complexity index is 497. The summed E-state index contributed by atoms with van der Waals surface area (Å²) in [5.74, 6) is -0.205. The molecular formula is C13H18F2N2O4. The van der Waals surface area contributed by atoms with Gasteiger partial charge in [0.15, 0.2) is 0 Å². The van der Waals surface area contributed by atoms with Gasteiger partial charge in [0.25, 0.3) is 12.3 Å². The molecule has 0 unspecified atom stereocenters. The van der Waals surface area contributed by atoms with Crippen LogP contribution in [-0.2, 0) is 0 Å². The van der Waals surface area contributed by atoms with Crippen molar-refractivity contribution in [1.82, 2.24) is 4.90 Å². The number of nitrogens with two attached hydrogens (primary N) is 1. The van der Waals surface area contributed by atoms with Crippen molar-refractivity contribution in [3.05, 3.63) is 17.7 Å². The predicted molar refractivity (Wildman–Crippen MR) is 73.0 cm³/mol. The summed E-state index contributed by atoms with van der Waals surface area (Å²) < 4.78 is 35.1. The normalized spacial score (nSPS) is 10.6. The first kappa shape index (κ1) is 17.0. The second-order valence-electron chi connectivity index (χ2n) is 4.16. The number of hydrogen-bond acceptors (Lipinski definition) is 5. The second kappa shape index (κ2) is 7.63. The van der Waals surface area contributed by atoms with E-state index < -0.39 is 25.5 Å². The minimum absolute atomic E-state index is 0.0136. The summed E-state index contributed by atoms with van der Waals surface area (Å²) in [6.45, 7) is -1.44. The summed E-state index contributed by atoms with van der Waals surface area (Å²) in [6, 6.07) is 2.83. The first-order chi connectivity index (χ1) is 9.94. The summed E-state index contributed by atoms with van der Waals surface area (Å²) in [6.07, 6.45) is -2.71. The monoisotopic (exact) mass is 304 g/mol. The number of rotatable bonds is 7. The Morgan fingerprint density at radius 2 is 2.05 bits per heavy atom. The third-order valence-corrected chi connectivity index (χ3v) is 2.82. The van der Waals surface area contributed by atoms with Crippen LogP contribution in [0.3, 0.4) is 0 Å². The molecule has 6 nitrogen and oxygen atoms in total. The molecular weight excluding hydrogens is 286 g/mol. The lowest BCUT2D eigenvalue weighted by Crippen LogP contribution is -2.37. The van der Waals surface area contributed by atoms with Crippen molar-refractivity contribution >= 4 is 11.6 Å². The number of carbonyl (C=O) groups is 1. The van der Waals surface area contributed by atoms with E-state index in [1.807, 2.05) is 0 Å². The van der Waals surface area contributed by atoms with E-state index in [0.717, 1.165) is 4.90 Å². The van der Waals surface area contributed by atoms with Crippen molar-refractivity contribution in [2.24, 2.45) is 0 Å². The summed E-state index contributed by atoms with van der Waals surface area (Å²) in [5.41, 5.74) is 5.82. The Labute approximate surface area is 121 Å². The number of amides is 1. The van der Waals surface area contributed by atoms with E-state index in [9.17, 15) is 13.6 Å². The van der Waals surface area contributed by atoms with Gasteiger partial charge in [-0.15, -0.1) is 0 Å². The van der Waals surface area contributed by atoms with Crippen LogP contribution in [0, 0.1) is 0 Å². The van der Waals surface area contributed by atoms with Crippen molar-refractivity contribution in [3.63, 3.8) is 0 Å². The number of aliphatic hydroxyl groups excluding tert-OH is 1. The van der Waals surface area contributed by atoms with Crippen LogP contribution in [0.4, 0.5) is 14.5 Å². The lowest BCUT2D eigenvalue weighted by atomic mass is 10.1. The highest BCUT2D eigenvalue weighted by Gasteiger charge is 2.23. The Balaban J connectivity index is 3.19. The van der Waals surface area contributed by atoms with Crippen LogP contribution in [-0.4, -0.2) is 56.3 Å². The fourth-order valence-corrected chi connectivity index (χ4v) is 1.80. The van der Waals surface area contributed by atoms with E-state index in [4.69, 9.17) is 20.3 Å². The third-order valence-electron chi connectivity index (χ3n) is 2.82. The molecule has 0 saturated heterocycles. The number of ether oxygens (including phenoxy) is 2. The molecule has 1 rings (SSSR count). The molecule has 0 saturated carbocycles. The van der Waals surface area contributed by atoms with Gasteiger partial charge >= 0.3 is 0 Å². The van der Waals surface area contributed by atoms with Crippen LogP contribution in [0.25, 0.3) is 0 Å². The number of aliphatic hydroxyl groups is 1. The molecule has 1 amide bonds. The first-order valence-corrected chi connectivity index (χ1v) is 6.14. The number of anilines is 1. The highest BCUT2D eigenvalue weighted by Crippen LogP contribution is 2.31. The molecule has 0 spiro atoms. The minimum Gasteiger partial charge on any atom is -0.497 e. The van der Waals surface area contributed by atoms with Crippen molar-refractivity contribution in [2.75, 3.05) is 39.6 Å². The zero-order valence-electron chi connectivity index (χ0n) is 11.8. The smallest absolute Gasteiger partial charge is 0.256 e. The van der Waals surface area contributed by atoms with Gasteiger partial charge in [0.05, 0.1) is 38.6 Å². The van der Waals surface area contributed by atoms with Crippen molar-refractivity contribution < 1.29 is 28.2 Å². The highest BCUT2D eigenvalue weighted by atomic mass is 19.3. The topological polar surface area (TPSA) is 85.0 Å². The summed E-state index contributed by atoms with van der Waals surface area (Å²) in [7, 11) is 2.76. The lowest BCUT2D eigenvalue weighted by molar-refractivity contribution is 0.0509. The largest absolute Gasteiger partial charge is 0.497 e. The van der Waals surface area contributed by atoms with Gasteiger partial charge in [-0.3, -0.25) is 4.79 Å². The van der Waals surface area contributed by atoms with E-state index in [1.165, 1.54) is 26.4 Å². The van der Waals surface area contributed by atoms with Crippen molar-refractivity contribution in [1.29, 1.82) is 0 Å². The van der Waals surface area contributed by atoms with Crippen LogP contribution in [0.5, 0.6) is 11.5 Å². The Hall–Kier alpha value is -2.09. The molecule has 0 heterocycles. The van der Waals surface area contributed by atoms with Crippen molar-refractivity contribution in [2.45, 2.75) is 6.43 Å². The molecule has 0 atom stereocenters. The number of nitrogen functional groups attached to an aromatic ring is 1. The molecule has 0 aliphatic rings. The van der Waals surface area contributed by atoms with Crippen LogP contribution < -0.4 is 15.2 Å². The summed E-state index contributed by atoms with van der Waals surface area (Å²) >= 11 is 0. The maximum atomic E-state index is 12.5. The fourth-order valence-electron chi connectivity index (χ4n) is 1.80. The standard InChI is InChI=1S/C13H18F2N2O4/c1-20-8-5-9(12(16)10(6-8)21-2)13(19)17(3-4-18)7-11(14)15/h5-6,11,18H,3-4,7,16H2,1-2H3. The quantitative estimate of drug-likeness (QED) is 0.734. The molecule has 8 heteroatoms. The Morgan fingerprint density at radius 1 is 1.38 bits per heavy atom. The number of nitrogens with zero attached hydrogens (tertiary/aromatic N) is 1. The van der Waals surface area contributed by atoms with Gasteiger partial charge in [-0.05, 0) is 6.07 Å². The van der Waals surface area contributed by atoms with E-state index in [0.29, 0.717) is 5.75 Å². The summed E-state index contributed by atoms with van der Waals surface area (Å²) in [5, 5.41) is 8.90. The van der Waals surface area contributed by atoms with Gasteiger partial charge in [0.2, 0.25) is 0 Å².